The number of hydrogen-bond acceptors (Lipinski definition) is 7. The van der Waals surface area contributed by atoms with Crippen LogP contribution in [0.4, 0.5) is 36.6 Å². The van der Waals surface area contributed by atoms with Crippen molar-refractivity contribution >= 4 is 21.6 Å². The van der Waals surface area contributed by atoms with Crippen molar-refractivity contribution in [2.24, 2.45) is 0 Å². The van der Waals surface area contributed by atoms with E-state index in [2.05, 4.69) is 25.3 Å². The fourth-order valence-electron chi connectivity index (χ4n) is 2.50. The molecule has 1 aromatic carbocycles. The average Bonchev–Trinajstić information content (AvgIpc) is 2.70. The second-order valence-electron chi connectivity index (χ2n) is 7.03. The van der Waals surface area contributed by atoms with E-state index in [0.29, 0.717) is 24.4 Å². The predicted molar refractivity (Wildman–Crippen MR) is 108 cm³/mol. The lowest BCUT2D eigenvalue weighted by molar-refractivity contribution is -0.274. The molecule has 1 aromatic heterocycles. The first-order valence-electron chi connectivity index (χ1n) is 9.36. The number of benzene rings is 1. The Balaban J connectivity index is 2.38. The number of aromatic nitrogens is 2. The van der Waals surface area contributed by atoms with Crippen molar-refractivity contribution in [3.8, 4) is 5.75 Å². The van der Waals surface area contributed by atoms with Gasteiger partial charge in [-0.05, 0) is 25.1 Å². The number of ether oxygens (including phenoxy) is 1. The Morgan fingerprint density at radius 2 is 1.86 bits per heavy atom. The summed E-state index contributed by atoms with van der Waals surface area (Å²) in [4.78, 5) is 18.8. The van der Waals surface area contributed by atoms with Gasteiger partial charge in [0.1, 0.15) is 22.9 Å². The molecule has 16 heteroatoms. The summed E-state index contributed by atoms with van der Waals surface area (Å²) in [5.74, 6) is -5.21. The Bertz CT molecular complexity index is 1210. The fourth-order valence-corrected chi connectivity index (χ4v) is 3.02. The summed E-state index contributed by atoms with van der Waals surface area (Å²) in [5.41, 5.74) is -0.988. The Morgan fingerprint density at radius 3 is 2.43 bits per heavy atom. The van der Waals surface area contributed by atoms with Crippen LogP contribution < -0.4 is 15.4 Å². The summed E-state index contributed by atoms with van der Waals surface area (Å²) in [7, 11) is -3.53. The van der Waals surface area contributed by atoms with Crippen molar-refractivity contribution in [1.82, 2.24) is 15.3 Å². The SMILES string of the molecule is C[C@@H](/C=C/S(C)(=O)=O)NC(=O)c1cnc(C(F)(F)F)nc1NCc1cc(F)ccc1OC(F)(F)F. The molecular weight excluding hydrogens is 513 g/mol. The lowest BCUT2D eigenvalue weighted by Gasteiger charge is -2.17. The summed E-state index contributed by atoms with van der Waals surface area (Å²) in [5, 5.41) is 5.36. The molecule has 2 aromatic rings. The first-order chi connectivity index (χ1) is 15.9. The molecule has 0 aliphatic rings. The lowest BCUT2D eigenvalue weighted by atomic mass is 10.2. The maximum atomic E-state index is 13.6. The van der Waals surface area contributed by atoms with Gasteiger partial charge in [0.2, 0.25) is 5.82 Å². The molecule has 1 heterocycles. The predicted octanol–water partition coefficient (Wildman–Crippen LogP) is 3.82. The van der Waals surface area contributed by atoms with Crippen molar-refractivity contribution < 1.29 is 48.7 Å². The van der Waals surface area contributed by atoms with E-state index in [4.69, 9.17) is 0 Å². The highest BCUT2D eigenvalue weighted by molar-refractivity contribution is 7.93. The van der Waals surface area contributed by atoms with Crippen LogP contribution in [-0.2, 0) is 22.6 Å². The highest BCUT2D eigenvalue weighted by Crippen LogP contribution is 2.30. The van der Waals surface area contributed by atoms with Gasteiger partial charge in [-0.3, -0.25) is 4.79 Å². The van der Waals surface area contributed by atoms with Crippen molar-refractivity contribution in [3.63, 3.8) is 0 Å². The van der Waals surface area contributed by atoms with Crippen LogP contribution in [0.25, 0.3) is 0 Å². The molecule has 8 nitrogen and oxygen atoms in total. The third-order valence-corrected chi connectivity index (χ3v) is 4.61. The Morgan fingerprint density at radius 1 is 1.20 bits per heavy atom. The molecule has 0 fully saturated rings. The summed E-state index contributed by atoms with van der Waals surface area (Å²) in [6.07, 6.45) is -7.64. The molecule has 0 bridgehead atoms. The van der Waals surface area contributed by atoms with Crippen LogP contribution in [0.1, 0.15) is 28.7 Å². The third kappa shape index (κ3) is 9.03. The number of carbonyl (C=O) groups excluding carboxylic acids is 1. The van der Waals surface area contributed by atoms with Gasteiger partial charge in [-0.2, -0.15) is 13.2 Å². The minimum absolute atomic E-state index is 0.440. The van der Waals surface area contributed by atoms with Gasteiger partial charge in [0.05, 0.1) is 0 Å². The molecular formula is C19H17F7N4O4S. The Kier molecular flexibility index (Phi) is 8.31. The zero-order valence-corrected chi connectivity index (χ0v) is 18.6. The quantitative estimate of drug-likeness (QED) is 0.500. The number of rotatable bonds is 8. The molecule has 0 radical (unpaired) electrons. The number of carbonyl (C=O) groups is 1. The third-order valence-electron chi connectivity index (χ3n) is 3.95. The molecule has 1 atom stereocenters. The molecule has 2 N–H and O–H groups in total. The van der Waals surface area contributed by atoms with Gasteiger partial charge in [0, 0.05) is 36.0 Å². The standard InChI is InChI=1S/C19H17F7N4O4S/c1-10(5-6-35(2,32)33)29-16(31)13-9-28-17(18(21,22)23)30-15(13)27-8-11-7-12(20)3-4-14(11)34-19(24,25)26/h3-7,9-10H,8H2,1-2H3,(H,29,31)(H,27,28,30)/b6-5+/t10-/m0/s1. The molecule has 2 rings (SSSR count). The van der Waals surface area contributed by atoms with Crippen molar-refractivity contribution in [2.45, 2.75) is 32.0 Å². The second-order valence-corrected chi connectivity index (χ2v) is 8.96. The summed E-state index contributed by atoms with van der Waals surface area (Å²) in [6.45, 7) is 0.645. The smallest absolute Gasteiger partial charge is 0.405 e. The number of anilines is 1. The van der Waals surface area contributed by atoms with Crippen LogP contribution in [0.2, 0.25) is 0 Å². The van der Waals surface area contributed by atoms with Crippen molar-refractivity contribution in [2.75, 3.05) is 11.6 Å². The van der Waals surface area contributed by atoms with Gasteiger partial charge in [-0.1, -0.05) is 6.08 Å². The first-order valence-corrected chi connectivity index (χ1v) is 11.3. The van der Waals surface area contributed by atoms with Gasteiger partial charge in [-0.25, -0.2) is 22.8 Å². The van der Waals surface area contributed by atoms with Crippen LogP contribution in [0.15, 0.2) is 35.9 Å². The number of hydrogen-bond donors (Lipinski definition) is 2. The normalized spacial score (nSPS) is 13.5. The van der Waals surface area contributed by atoms with Crippen LogP contribution in [0.3, 0.4) is 0 Å². The van der Waals surface area contributed by atoms with E-state index in [1.807, 2.05) is 0 Å². The molecule has 1 amide bonds. The van der Waals surface area contributed by atoms with Crippen LogP contribution in [0.5, 0.6) is 5.75 Å². The van der Waals surface area contributed by atoms with Crippen LogP contribution in [0, 0.1) is 5.82 Å². The first kappa shape index (κ1) is 27.8. The number of alkyl halides is 6. The van der Waals surface area contributed by atoms with Crippen molar-refractivity contribution in [3.05, 3.63) is 58.6 Å². The highest BCUT2D eigenvalue weighted by atomic mass is 32.2. The second kappa shape index (κ2) is 10.5. The minimum Gasteiger partial charge on any atom is -0.405 e. The van der Waals surface area contributed by atoms with Gasteiger partial charge in [0.25, 0.3) is 5.91 Å². The van der Waals surface area contributed by atoms with Gasteiger partial charge in [-0.15, -0.1) is 13.2 Å². The van der Waals surface area contributed by atoms with E-state index in [1.165, 1.54) is 6.92 Å². The van der Waals surface area contributed by atoms with Gasteiger partial charge in [0.15, 0.2) is 9.84 Å². The number of halogens is 7. The summed E-state index contributed by atoms with van der Waals surface area (Å²) in [6, 6.07) is 1.10. The maximum absolute atomic E-state index is 13.6. The lowest BCUT2D eigenvalue weighted by Crippen LogP contribution is -2.32. The van der Waals surface area contributed by atoms with Gasteiger partial charge >= 0.3 is 12.5 Å². The van der Waals surface area contributed by atoms with E-state index >= 15 is 0 Å². The summed E-state index contributed by atoms with van der Waals surface area (Å²) < 4.78 is 117. The molecule has 0 unspecified atom stereocenters. The Labute approximate surface area is 194 Å². The van der Waals surface area contributed by atoms with E-state index in [9.17, 15) is 43.9 Å². The number of sulfone groups is 1. The number of amides is 1. The molecule has 0 saturated heterocycles. The number of nitrogens with one attached hydrogen (secondary N) is 2. The molecule has 0 aliphatic carbocycles. The Hall–Kier alpha value is -3.43. The van der Waals surface area contributed by atoms with E-state index in [1.54, 1.807) is 0 Å². The topological polar surface area (TPSA) is 110 Å². The molecule has 0 spiro atoms. The zero-order valence-electron chi connectivity index (χ0n) is 17.8. The van der Waals surface area contributed by atoms with Crippen LogP contribution in [-0.4, -0.2) is 43.0 Å². The van der Waals surface area contributed by atoms with Crippen molar-refractivity contribution in [1.29, 1.82) is 0 Å². The van der Waals surface area contributed by atoms with Gasteiger partial charge < -0.3 is 15.4 Å². The fraction of sp³-hybridized carbons (Fsp3) is 0.316. The maximum Gasteiger partial charge on any atom is 0.573 e. The molecule has 35 heavy (non-hydrogen) atoms. The average molecular weight is 530 g/mol. The largest absolute Gasteiger partial charge is 0.573 e. The molecule has 0 saturated carbocycles. The summed E-state index contributed by atoms with van der Waals surface area (Å²) >= 11 is 0. The zero-order chi connectivity index (χ0) is 26.6. The van der Waals surface area contributed by atoms with E-state index in [0.717, 1.165) is 17.7 Å². The van der Waals surface area contributed by atoms with E-state index < -0.39 is 75.2 Å². The van der Waals surface area contributed by atoms with Crippen LogP contribution >= 0.6 is 0 Å². The highest BCUT2D eigenvalue weighted by Gasteiger charge is 2.36. The minimum atomic E-state index is -5.13. The molecule has 192 valence electrons. The molecule has 0 aliphatic heterocycles. The monoisotopic (exact) mass is 530 g/mol. The number of nitrogens with zero attached hydrogens (tertiary/aromatic N) is 2. The van der Waals surface area contributed by atoms with E-state index in [-0.39, 0.29) is 0 Å².